The molecular formula is C14H19N3S. The predicted molar refractivity (Wildman–Crippen MR) is 76.8 cm³/mol. The lowest BCUT2D eigenvalue weighted by atomic mass is 10.2. The van der Waals surface area contributed by atoms with E-state index in [0.29, 0.717) is 6.04 Å². The summed E-state index contributed by atoms with van der Waals surface area (Å²) in [4.78, 5) is 10.4. The Morgan fingerprint density at radius 1 is 1.33 bits per heavy atom. The number of thiazole rings is 1. The van der Waals surface area contributed by atoms with E-state index in [2.05, 4.69) is 49.0 Å². The molecule has 3 nitrogen and oxygen atoms in total. The molecule has 0 amide bonds. The van der Waals surface area contributed by atoms with Crippen LogP contribution in [0.3, 0.4) is 0 Å². The van der Waals surface area contributed by atoms with Gasteiger partial charge in [-0.2, -0.15) is 0 Å². The molecule has 2 aromatic rings. The molecule has 0 spiro atoms. The molecular weight excluding hydrogens is 242 g/mol. The number of hydrogen-bond acceptors (Lipinski definition) is 4. The Morgan fingerprint density at radius 3 is 2.78 bits per heavy atom. The number of hydrogen-bond donors (Lipinski definition) is 1. The maximum Gasteiger partial charge on any atom is 0.142 e. The third-order valence-corrected chi connectivity index (χ3v) is 3.94. The van der Waals surface area contributed by atoms with Crippen molar-refractivity contribution in [2.75, 3.05) is 0 Å². The predicted octanol–water partition coefficient (Wildman–Crippen LogP) is 3.32. The van der Waals surface area contributed by atoms with Crippen molar-refractivity contribution in [2.24, 2.45) is 0 Å². The first-order valence-corrected chi connectivity index (χ1v) is 7.01. The first kappa shape index (κ1) is 13.2. The van der Waals surface area contributed by atoms with E-state index in [9.17, 15) is 0 Å². The third-order valence-electron chi connectivity index (χ3n) is 2.78. The minimum absolute atomic E-state index is 0.492. The van der Waals surface area contributed by atoms with Gasteiger partial charge in [-0.15, -0.1) is 11.3 Å². The molecule has 0 aliphatic heterocycles. The summed E-state index contributed by atoms with van der Waals surface area (Å²) in [6, 6.07) is 4.53. The molecule has 0 saturated carbocycles. The fraction of sp³-hybridized carbons (Fsp3) is 0.429. The highest BCUT2D eigenvalue weighted by atomic mass is 32.1. The number of nitrogens with zero attached hydrogens (tertiary/aromatic N) is 2. The number of nitrogens with one attached hydrogen (secondary N) is 1. The second-order valence-electron chi connectivity index (χ2n) is 4.73. The molecule has 0 atom stereocenters. The van der Waals surface area contributed by atoms with Crippen LogP contribution in [0.5, 0.6) is 0 Å². The van der Waals surface area contributed by atoms with E-state index in [-0.39, 0.29) is 0 Å². The maximum absolute atomic E-state index is 4.64. The van der Waals surface area contributed by atoms with Crippen LogP contribution in [0.4, 0.5) is 0 Å². The summed E-state index contributed by atoms with van der Waals surface area (Å²) in [5.74, 6) is 0. The van der Waals surface area contributed by atoms with Crippen molar-refractivity contribution in [1.29, 1.82) is 0 Å². The van der Waals surface area contributed by atoms with E-state index in [4.69, 9.17) is 0 Å². The SMILES string of the molecule is Cc1cccnc1-c1nc(C)c(CNC(C)C)s1. The van der Waals surface area contributed by atoms with Gasteiger partial charge < -0.3 is 5.32 Å². The minimum atomic E-state index is 0.492. The van der Waals surface area contributed by atoms with Crippen molar-refractivity contribution in [3.63, 3.8) is 0 Å². The molecule has 4 heteroatoms. The van der Waals surface area contributed by atoms with Crippen LogP contribution in [0.25, 0.3) is 10.7 Å². The van der Waals surface area contributed by atoms with Crippen molar-refractivity contribution in [3.05, 3.63) is 34.5 Å². The summed E-state index contributed by atoms with van der Waals surface area (Å²) in [7, 11) is 0. The molecule has 18 heavy (non-hydrogen) atoms. The zero-order valence-corrected chi connectivity index (χ0v) is 12.1. The highest BCUT2D eigenvalue weighted by Crippen LogP contribution is 2.28. The van der Waals surface area contributed by atoms with Gasteiger partial charge in [-0.1, -0.05) is 19.9 Å². The molecule has 0 bridgehead atoms. The standard InChI is InChI=1S/C14H19N3S/c1-9(2)16-8-12-11(4)17-14(18-12)13-10(3)6-5-7-15-13/h5-7,9,16H,8H2,1-4H3. The molecule has 0 fully saturated rings. The summed E-state index contributed by atoms with van der Waals surface area (Å²) in [6.45, 7) is 9.33. The minimum Gasteiger partial charge on any atom is -0.310 e. The van der Waals surface area contributed by atoms with Crippen molar-refractivity contribution in [1.82, 2.24) is 15.3 Å². The van der Waals surface area contributed by atoms with Gasteiger partial charge in [0, 0.05) is 23.7 Å². The smallest absolute Gasteiger partial charge is 0.142 e. The van der Waals surface area contributed by atoms with Gasteiger partial charge in [0.05, 0.1) is 5.69 Å². The van der Waals surface area contributed by atoms with Crippen molar-refractivity contribution < 1.29 is 0 Å². The second-order valence-corrected chi connectivity index (χ2v) is 5.82. The average Bonchev–Trinajstić information content (AvgIpc) is 2.68. The highest BCUT2D eigenvalue weighted by molar-refractivity contribution is 7.15. The third kappa shape index (κ3) is 2.94. The lowest BCUT2D eigenvalue weighted by molar-refractivity contribution is 0.591. The van der Waals surface area contributed by atoms with Gasteiger partial charge in [0.25, 0.3) is 0 Å². The maximum atomic E-state index is 4.64. The van der Waals surface area contributed by atoms with Crippen LogP contribution in [-0.2, 0) is 6.54 Å². The van der Waals surface area contributed by atoms with Gasteiger partial charge in [-0.05, 0) is 25.5 Å². The average molecular weight is 261 g/mol. The first-order valence-electron chi connectivity index (χ1n) is 6.19. The Balaban J connectivity index is 2.26. The van der Waals surface area contributed by atoms with Crippen LogP contribution in [0.1, 0.15) is 30.0 Å². The van der Waals surface area contributed by atoms with Gasteiger partial charge in [0.15, 0.2) is 0 Å². The van der Waals surface area contributed by atoms with Crippen LogP contribution in [0.2, 0.25) is 0 Å². The summed E-state index contributed by atoms with van der Waals surface area (Å²) in [5.41, 5.74) is 3.28. The van der Waals surface area contributed by atoms with E-state index in [1.807, 2.05) is 12.3 Å². The number of aromatic nitrogens is 2. The van der Waals surface area contributed by atoms with Crippen LogP contribution in [0, 0.1) is 13.8 Å². The van der Waals surface area contributed by atoms with E-state index in [1.165, 1.54) is 10.4 Å². The molecule has 0 aliphatic rings. The molecule has 2 rings (SSSR count). The fourth-order valence-corrected chi connectivity index (χ4v) is 2.77. The van der Waals surface area contributed by atoms with E-state index < -0.39 is 0 Å². The van der Waals surface area contributed by atoms with Gasteiger partial charge >= 0.3 is 0 Å². The quantitative estimate of drug-likeness (QED) is 0.917. The van der Waals surface area contributed by atoms with Crippen molar-refractivity contribution in [2.45, 2.75) is 40.3 Å². The molecule has 2 heterocycles. The summed E-state index contributed by atoms with van der Waals surface area (Å²) in [5, 5.41) is 4.45. The first-order chi connectivity index (χ1) is 8.58. The van der Waals surface area contributed by atoms with Gasteiger partial charge in [0.1, 0.15) is 10.7 Å². The summed E-state index contributed by atoms with van der Waals surface area (Å²) < 4.78 is 0. The molecule has 0 aliphatic carbocycles. The Bertz CT molecular complexity index is 532. The second kappa shape index (κ2) is 5.59. The largest absolute Gasteiger partial charge is 0.310 e. The van der Waals surface area contributed by atoms with Crippen LogP contribution < -0.4 is 5.32 Å². The lowest BCUT2D eigenvalue weighted by Crippen LogP contribution is -2.21. The van der Waals surface area contributed by atoms with Gasteiger partial charge in [-0.25, -0.2) is 4.98 Å². The van der Waals surface area contributed by atoms with E-state index in [1.54, 1.807) is 11.3 Å². The van der Waals surface area contributed by atoms with Gasteiger partial charge in [0.2, 0.25) is 0 Å². The number of aryl methyl sites for hydroxylation is 2. The zero-order chi connectivity index (χ0) is 13.1. The zero-order valence-electron chi connectivity index (χ0n) is 11.3. The van der Waals surface area contributed by atoms with Crippen LogP contribution in [0.15, 0.2) is 18.3 Å². The topological polar surface area (TPSA) is 37.8 Å². The van der Waals surface area contributed by atoms with Crippen molar-refractivity contribution >= 4 is 11.3 Å². The van der Waals surface area contributed by atoms with E-state index >= 15 is 0 Å². The van der Waals surface area contributed by atoms with Crippen LogP contribution in [-0.4, -0.2) is 16.0 Å². The van der Waals surface area contributed by atoms with Gasteiger partial charge in [-0.3, -0.25) is 4.98 Å². The molecule has 96 valence electrons. The molecule has 2 aromatic heterocycles. The Kier molecular flexibility index (Phi) is 4.09. The number of rotatable bonds is 4. The summed E-state index contributed by atoms with van der Waals surface area (Å²) >= 11 is 1.73. The Hall–Kier alpha value is -1.26. The Morgan fingerprint density at radius 2 is 2.11 bits per heavy atom. The summed E-state index contributed by atoms with van der Waals surface area (Å²) in [6.07, 6.45) is 1.82. The number of pyridine rings is 1. The van der Waals surface area contributed by atoms with Crippen molar-refractivity contribution in [3.8, 4) is 10.7 Å². The molecule has 0 aromatic carbocycles. The normalized spacial score (nSPS) is 11.2. The molecule has 1 N–H and O–H groups in total. The highest BCUT2D eigenvalue weighted by Gasteiger charge is 2.12. The van der Waals surface area contributed by atoms with E-state index in [0.717, 1.165) is 22.9 Å². The Labute approximate surface area is 112 Å². The molecule has 0 radical (unpaired) electrons. The monoisotopic (exact) mass is 261 g/mol. The molecule has 0 saturated heterocycles. The fourth-order valence-electron chi connectivity index (χ4n) is 1.70. The van der Waals surface area contributed by atoms with Crippen LogP contribution >= 0.6 is 11.3 Å². The molecule has 0 unspecified atom stereocenters. The lowest BCUT2D eigenvalue weighted by Gasteiger charge is -2.05.